The molecule has 24 heavy (non-hydrogen) atoms. The average Bonchev–Trinajstić information content (AvgIpc) is 2.87. The zero-order valence-electron chi connectivity index (χ0n) is 13.6. The maximum absolute atomic E-state index is 12.9. The summed E-state index contributed by atoms with van der Waals surface area (Å²) < 4.78 is 12.9. The summed E-state index contributed by atoms with van der Waals surface area (Å²) in [6.45, 7) is 4.03. The molecule has 1 atom stereocenters. The second-order valence-electron chi connectivity index (χ2n) is 5.88. The number of aliphatic hydroxyl groups is 1. The van der Waals surface area contributed by atoms with E-state index in [1.165, 1.54) is 24.3 Å². The van der Waals surface area contributed by atoms with E-state index in [9.17, 15) is 14.3 Å². The first kappa shape index (κ1) is 16.2. The maximum Gasteiger partial charge on any atom is 0.253 e. The van der Waals surface area contributed by atoms with E-state index in [2.05, 4.69) is 10.3 Å². The number of rotatable bonds is 4. The molecule has 0 saturated heterocycles. The van der Waals surface area contributed by atoms with E-state index < -0.39 is 6.10 Å². The van der Waals surface area contributed by atoms with Crippen LogP contribution in [0.3, 0.4) is 0 Å². The van der Waals surface area contributed by atoms with Gasteiger partial charge in [0.25, 0.3) is 5.91 Å². The molecule has 0 fully saturated rings. The number of carbonyl (C=O) groups is 1. The standard InChI is InChI=1S/C19H19FN2O2/c1-11-12(2)22-18-15(11)4-3-5-16(18)19(24)21-10-17(23)13-6-8-14(20)9-7-13/h3-9,17,22-23H,10H2,1-2H3,(H,21,24). The molecule has 0 aliphatic carbocycles. The number of aryl methyl sites for hydroxylation is 2. The number of amides is 1. The van der Waals surface area contributed by atoms with Gasteiger partial charge in [0.2, 0.25) is 0 Å². The highest BCUT2D eigenvalue weighted by Crippen LogP contribution is 2.24. The van der Waals surface area contributed by atoms with Gasteiger partial charge in [0.1, 0.15) is 5.82 Å². The monoisotopic (exact) mass is 326 g/mol. The molecular formula is C19H19FN2O2. The van der Waals surface area contributed by atoms with Crippen LogP contribution >= 0.6 is 0 Å². The van der Waals surface area contributed by atoms with Crippen molar-refractivity contribution in [3.8, 4) is 0 Å². The minimum atomic E-state index is -0.888. The number of aromatic nitrogens is 1. The van der Waals surface area contributed by atoms with E-state index in [4.69, 9.17) is 0 Å². The van der Waals surface area contributed by atoms with Gasteiger partial charge in [0.05, 0.1) is 17.2 Å². The van der Waals surface area contributed by atoms with Gasteiger partial charge in [-0.2, -0.15) is 0 Å². The Bertz CT molecular complexity index is 884. The van der Waals surface area contributed by atoms with E-state index in [1.807, 2.05) is 26.0 Å². The lowest BCUT2D eigenvalue weighted by atomic mass is 10.1. The smallest absolute Gasteiger partial charge is 0.253 e. The Morgan fingerprint density at radius 2 is 1.92 bits per heavy atom. The van der Waals surface area contributed by atoms with Gasteiger partial charge in [0, 0.05) is 17.6 Å². The Morgan fingerprint density at radius 1 is 1.21 bits per heavy atom. The Morgan fingerprint density at radius 3 is 2.62 bits per heavy atom. The number of aromatic amines is 1. The quantitative estimate of drug-likeness (QED) is 0.688. The fourth-order valence-corrected chi connectivity index (χ4v) is 2.76. The van der Waals surface area contributed by atoms with Crippen molar-refractivity contribution in [2.24, 2.45) is 0 Å². The predicted octanol–water partition coefficient (Wildman–Crippen LogP) is 3.39. The summed E-state index contributed by atoms with van der Waals surface area (Å²) in [5, 5.41) is 13.9. The predicted molar refractivity (Wildman–Crippen MR) is 91.5 cm³/mol. The molecule has 0 spiro atoms. The highest BCUT2D eigenvalue weighted by molar-refractivity contribution is 6.06. The first-order valence-electron chi connectivity index (χ1n) is 7.77. The molecule has 0 radical (unpaired) electrons. The topological polar surface area (TPSA) is 65.1 Å². The maximum atomic E-state index is 12.9. The van der Waals surface area contributed by atoms with Crippen LogP contribution in [0.25, 0.3) is 10.9 Å². The second-order valence-corrected chi connectivity index (χ2v) is 5.88. The summed E-state index contributed by atoms with van der Waals surface area (Å²) >= 11 is 0. The van der Waals surface area contributed by atoms with Crippen molar-refractivity contribution in [3.63, 3.8) is 0 Å². The number of H-pyrrole nitrogens is 1. The summed E-state index contributed by atoms with van der Waals surface area (Å²) in [4.78, 5) is 15.7. The molecule has 1 amide bonds. The fraction of sp³-hybridized carbons (Fsp3) is 0.211. The second kappa shape index (κ2) is 6.45. The number of nitrogens with one attached hydrogen (secondary N) is 2. The van der Waals surface area contributed by atoms with E-state index in [1.54, 1.807) is 6.07 Å². The Hall–Kier alpha value is -2.66. The summed E-state index contributed by atoms with van der Waals surface area (Å²) in [5.74, 6) is -0.623. The van der Waals surface area contributed by atoms with E-state index in [0.29, 0.717) is 11.1 Å². The van der Waals surface area contributed by atoms with Crippen LogP contribution in [-0.2, 0) is 0 Å². The van der Waals surface area contributed by atoms with Crippen LogP contribution in [0.1, 0.15) is 33.3 Å². The first-order chi connectivity index (χ1) is 11.5. The molecule has 0 bridgehead atoms. The molecule has 1 heterocycles. The van der Waals surface area contributed by atoms with Crippen LogP contribution in [0.2, 0.25) is 0 Å². The minimum Gasteiger partial charge on any atom is -0.387 e. The number of hydrogen-bond acceptors (Lipinski definition) is 2. The van der Waals surface area contributed by atoms with E-state index in [0.717, 1.165) is 22.2 Å². The van der Waals surface area contributed by atoms with Crippen molar-refractivity contribution in [1.29, 1.82) is 0 Å². The molecule has 0 aliphatic heterocycles. The molecule has 1 unspecified atom stereocenters. The van der Waals surface area contributed by atoms with Gasteiger partial charge in [-0.1, -0.05) is 24.3 Å². The number of benzene rings is 2. The van der Waals surface area contributed by atoms with Crippen molar-refractivity contribution < 1.29 is 14.3 Å². The zero-order chi connectivity index (χ0) is 17.3. The number of hydrogen-bond donors (Lipinski definition) is 3. The van der Waals surface area contributed by atoms with Gasteiger partial charge >= 0.3 is 0 Å². The summed E-state index contributed by atoms with van der Waals surface area (Å²) in [6, 6.07) is 11.1. The van der Waals surface area contributed by atoms with Gasteiger partial charge in [-0.15, -0.1) is 0 Å². The number of para-hydroxylation sites is 1. The summed E-state index contributed by atoms with van der Waals surface area (Å²) in [7, 11) is 0. The summed E-state index contributed by atoms with van der Waals surface area (Å²) in [5.41, 5.74) is 4.03. The first-order valence-corrected chi connectivity index (χ1v) is 7.77. The number of halogens is 1. The largest absolute Gasteiger partial charge is 0.387 e. The van der Waals surface area contributed by atoms with E-state index in [-0.39, 0.29) is 18.3 Å². The molecule has 124 valence electrons. The van der Waals surface area contributed by atoms with Gasteiger partial charge in [-0.25, -0.2) is 4.39 Å². The van der Waals surface area contributed by atoms with Crippen LogP contribution in [-0.4, -0.2) is 22.5 Å². The number of fused-ring (bicyclic) bond motifs is 1. The van der Waals surface area contributed by atoms with Crippen LogP contribution < -0.4 is 5.32 Å². The van der Waals surface area contributed by atoms with Crippen molar-refractivity contribution in [1.82, 2.24) is 10.3 Å². The third-order valence-corrected chi connectivity index (χ3v) is 4.30. The molecule has 2 aromatic carbocycles. The van der Waals surface area contributed by atoms with E-state index >= 15 is 0 Å². The van der Waals surface area contributed by atoms with Crippen LogP contribution in [0.4, 0.5) is 4.39 Å². The SMILES string of the molecule is Cc1[nH]c2c(C(=O)NCC(O)c3ccc(F)cc3)cccc2c1C. The normalized spacial score (nSPS) is 12.3. The third kappa shape index (κ3) is 3.03. The highest BCUT2D eigenvalue weighted by atomic mass is 19.1. The van der Waals surface area contributed by atoms with Gasteiger partial charge in [0.15, 0.2) is 0 Å². The van der Waals surface area contributed by atoms with Crippen LogP contribution in [0.5, 0.6) is 0 Å². The molecule has 3 aromatic rings. The Kier molecular flexibility index (Phi) is 4.36. The zero-order valence-corrected chi connectivity index (χ0v) is 13.6. The molecule has 3 N–H and O–H groups in total. The molecule has 0 saturated carbocycles. The lowest BCUT2D eigenvalue weighted by Crippen LogP contribution is -2.28. The molecule has 5 heteroatoms. The lowest BCUT2D eigenvalue weighted by molar-refractivity contribution is 0.0917. The molecule has 0 aliphatic rings. The van der Waals surface area contributed by atoms with Gasteiger partial charge in [-0.3, -0.25) is 4.79 Å². The Labute approximate surface area is 139 Å². The minimum absolute atomic E-state index is 0.0551. The van der Waals surface area contributed by atoms with Crippen molar-refractivity contribution in [2.75, 3.05) is 6.54 Å². The van der Waals surface area contributed by atoms with Crippen molar-refractivity contribution >= 4 is 16.8 Å². The molecular weight excluding hydrogens is 307 g/mol. The highest BCUT2D eigenvalue weighted by Gasteiger charge is 2.15. The number of carbonyl (C=O) groups excluding carboxylic acids is 1. The van der Waals surface area contributed by atoms with Gasteiger partial charge < -0.3 is 15.4 Å². The Balaban J connectivity index is 1.76. The summed E-state index contributed by atoms with van der Waals surface area (Å²) in [6.07, 6.45) is -0.888. The molecule has 4 nitrogen and oxygen atoms in total. The third-order valence-electron chi connectivity index (χ3n) is 4.30. The number of aliphatic hydroxyl groups excluding tert-OH is 1. The van der Waals surface area contributed by atoms with Crippen molar-refractivity contribution in [2.45, 2.75) is 20.0 Å². The van der Waals surface area contributed by atoms with Gasteiger partial charge in [-0.05, 0) is 43.2 Å². The van der Waals surface area contributed by atoms with Crippen LogP contribution in [0, 0.1) is 19.7 Å². The molecule has 3 rings (SSSR count). The lowest BCUT2D eigenvalue weighted by Gasteiger charge is -2.12. The van der Waals surface area contributed by atoms with Crippen molar-refractivity contribution in [3.05, 3.63) is 70.7 Å². The fourth-order valence-electron chi connectivity index (χ4n) is 2.76. The molecule has 1 aromatic heterocycles. The average molecular weight is 326 g/mol. The van der Waals surface area contributed by atoms with Crippen LogP contribution in [0.15, 0.2) is 42.5 Å².